The summed E-state index contributed by atoms with van der Waals surface area (Å²) in [6.07, 6.45) is 5.14. The first kappa shape index (κ1) is 16.3. The first-order valence-electron chi connectivity index (χ1n) is 4.09. The van der Waals surface area contributed by atoms with Gasteiger partial charge in [0, 0.05) is 6.20 Å². The molecule has 0 aliphatic carbocycles. The van der Waals surface area contributed by atoms with Crippen LogP contribution >= 0.6 is 31.1 Å². The number of thioether (sulfide) groups is 1. The molecular formula is C8H8Cl2N3S2Zn-. The molecule has 0 aliphatic rings. The second kappa shape index (κ2) is 11.7. The molecule has 1 rings (SSSR count). The van der Waals surface area contributed by atoms with Crippen LogP contribution < -0.4 is 0 Å². The Hall–Kier alpha value is 0.263. The third-order valence-corrected chi connectivity index (χ3v) is 2.20. The monoisotopic (exact) mass is 344 g/mol. The van der Waals surface area contributed by atoms with Gasteiger partial charge in [-0.1, -0.05) is 6.07 Å². The van der Waals surface area contributed by atoms with Crippen LogP contribution in [0.1, 0.15) is 5.69 Å². The van der Waals surface area contributed by atoms with Gasteiger partial charge in [0.05, 0.1) is 11.9 Å². The van der Waals surface area contributed by atoms with E-state index in [0.717, 1.165) is 5.69 Å². The van der Waals surface area contributed by atoms with E-state index in [1.165, 1.54) is 11.8 Å². The molecule has 0 spiro atoms. The van der Waals surface area contributed by atoms with Crippen LogP contribution in [-0.2, 0) is 27.8 Å². The summed E-state index contributed by atoms with van der Waals surface area (Å²) in [6.45, 7) is 0. The van der Waals surface area contributed by atoms with Crippen molar-refractivity contribution in [2.24, 2.45) is 10.2 Å². The van der Waals surface area contributed by atoms with E-state index in [1.807, 2.05) is 24.5 Å². The number of pyridine rings is 1. The number of nitrogens with zero attached hydrogens (tertiary/aromatic N) is 3. The Morgan fingerprint density at radius 2 is 2.25 bits per heavy atom. The number of hydrogen-bond acceptors (Lipinski definition) is 5. The molecule has 0 bridgehead atoms. The fraction of sp³-hybridized carbons (Fsp3) is 0.125. The fourth-order valence-corrected chi connectivity index (χ4v) is 0.804. The summed E-state index contributed by atoms with van der Waals surface area (Å²) in [5.41, 5.74) is 0.773. The third kappa shape index (κ3) is 9.49. The molecule has 0 saturated carbocycles. The molecule has 0 fully saturated rings. The SMILES string of the molecule is CSC([S-])=NN=Cc1ccccn1.[Cl][Zn][Cl]. The molecule has 0 atom stereocenters. The third-order valence-electron chi connectivity index (χ3n) is 1.19. The summed E-state index contributed by atoms with van der Waals surface area (Å²) in [5.74, 6) is 0. The molecule has 0 radical (unpaired) electrons. The molecule has 84 valence electrons. The summed E-state index contributed by atoms with van der Waals surface area (Å²) < 4.78 is 0.521. The van der Waals surface area contributed by atoms with Crippen LogP contribution in [0.5, 0.6) is 0 Å². The van der Waals surface area contributed by atoms with E-state index in [1.54, 1.807) is 12.4 Å². The van der Waals surface area contributed by atoms with Gasteiger partial charge in [-0.2, -0.15) is 10.2 Å². The molecule has 8 heteroatoms. The van der Waals surface area contributed by atoms with Gasteiger partial charge in [0.1, 0.15) is 0 Å². The maximum absolute atomic E-state index is 4.95. The minimum absolute atomic E-state index is 0.521. The Bertz CT molecular complexity index is 335. The minimum atomic E-state index is -0.931. The van der Waals surface area contributed by atoms with Crippen molar-refractivity contribution in [2.45, 2.75) is 0 Å². The molecule has 0 aromatic carbocycles. The van der Waals surface area contributed by atoms with Crippen LogP contribution in [0.2, 0.25) is 0 Å². The zero-order valence-electron chi connectivity index (χ0n) is 8.51. The van der Waals surface area contributed by atoms with E-state index in [4.69, 9.17) is 32.0 Å². The van der Waals surface area contributed by atoms with Crippen molar-refractivity contribution < 1.29 is 15.1 Å². The van der Waals surface area contributed by atoms with Gasteiger partial charge >= 0.3 is 34.5 Å². The zero-order chi connectivity index (χ0) is 12.2. The molecular weight excluding hydrogens is 339 g/mol. The molecule has 0 amide bonds. The molecule has 1 aromatic rings. The van der Waals surface area contributed by atoms with Crippen molar-refractivity contribution in [1.29, 1.82) is 0 Å². The molecule has 1 aromatic heterocycles. The van der Waals surface area contributed by atoms with Crippen LogP contribution in [0.25, 0.3) is 0 Å². The number of halogens is 2. The zero-order valence-corrected chi connectivity index (χ0v) is 14.6. The number of rotatable bonds is 2. The average molecular weight is 347 g/mol. The standard InChI is InChI=1S/C8H9N3S2.2ClH.Zn/c1-13-8(12)11-10-6-7-4-2-3-5-9-7;;;/h2-6H,1H3,(H,11,12);2*1H;/q;;;+2/p-3. The van der Waals surface area contributed by atoms with Gasteiger partial charge in [-0.25, -0.2) is 0 Å². The Labute approximate surface area is 120 Å². The van der Waals surface area contributed by atoms with E-state index < -0.39 is 15.1 Å². The quantitative estimate of drug-likeness (QED) is 0.272. The van der Waals surface area contributed by atoms with Crippen LogP contribution in [0.15, 0.2) is 34.6 Å². The first-order chi connectivity index (χ1) is 7.74. The Balaban J connectivity index is 0.000000673. The van der Waals surface area contributed by atoms with Gasteiger partial charge < -0.3 is 12.6 Å². The van der Waals surface area contributed by atoms with Crippen molar-refractivity contribution in [2.75, 3.05) is 6.26 Å². The topological polar surface area (TPSA) is 37.6 Å². The van der Waals surface area contributed by atoms with E-state index in [2.05, 4.69) is 15.2 Å². The van der Waals surface area contributed by atoms with Gasteiger partial charge in [0.2, 0.25) is 0 Å². The van der Waals surface area contributed by atoms with Gasteiger partial charge in [-0.15, -0.1) is 11.8 Å². The van der Waals surface area contributed by atoms with Crippen molar-refractivity contribution in [3.63, 3.8) is 0 Å². The average Bonchev–Trinajstić information content (AvgIpc) is 2.31. The van der Waals surface area contributed by atoms with Gasteiger partial charge in [0.15, 0.2) is 0 Å². The second-order valence-electron chi connectivity index (χ2n) is 2.17. The number of aromatic nitrogens is 1. The molecule has 0 aliphatic heterocycles. The van der Waals surface area contributed by atoms with Crippen LogP contribution in [0.4, 0.5) is 0 Å². The van der Waals surface area contributed by atoms with E-state index in [9.17, 15) is 0 Å². The molecule has 1 heterocycles. The summed E-state index contributed by atoms with van der Waals surface area (Å²) in [7, 11) is 9.90. The summed E-state index contributed by atoms with van der Waals surface area (Å²) >= 11 is 5.29. The van der Waals surface area contributed by atoms with Gasteiger partial charge in [-0.05, 0) is 22.8 Å². The summed E-state index contributed by atoms with van der Waals surface area (Å²) in [4.78, 5) is 4.04. The van der Waals surface area contributed by atoms with E-state index in [0.29, 0.717) is 4.38 Å². The molecule has 0 N–H and O–H groups in total. The Morgan fingerprint density at radius 1 is 1.56 bits per heavy atom. The maximum atomic E-state index is 4.95. The molecule has 0 unspecified atom stereocenters. The van der Waals surface area contributed by atoms with Crippen LogP contribution in [-0.4, -0.2) is 21.8 Å². The predicted octanol–water partition coefficient (Wildman–Crippen LogP) is 3.06. The van der Waals surface area contributed by atoms with Gasteiger partial charge in [-0.3, -0.25) is 4.98 Å². The fourth-order valence-electron chi connectivity index (χ4n) is 0.628. The van der Waals surface area contributed by atoms with Crippen LogP contribution in [0.3, 0.4) is 0 Å². The first-order valence-corrected chi connectivity index (χ1v) is 13.5. The molecule has 16 heavy (non-hydrogen) atoms. The van der Waals surface area contributed by atoms with Crippen molar-refractivity contribution in [3.8, 4) is 0 Å². The van der Waals surface area contributed by atoms with Crippen molar-refractivity contribution in [1.82, 2.24) is 4.98 Å². The Kier molecular flexibility index (Phi) is 11.9. The molecule has 3 nitrogen and oxygen atoms in total. The van der Waals surface area contributed by atoms with E-state index in [-0.39, 0.29) is 0 Å². The Morgan fingerprint density at radius 3 is 2.75 bits per heavy atom. The van der Waals surface area contributed by atoms with E-state index >= 15 is 0 Å². The van der Waals surface area contributed by atoms with Crippen molar-refractivity contribution in [3.05, 3.63) is 30.1 Å². The normalized spacial score (nSPS) is 10.6. The second-order valence-corrected chi connectivity index (χ2v) is 8.23. The predicted molar refractivity (Wildman–Crippen MR) is 71.9 cm³/mol. The summed E-state index contributed by atoms with van der Waals surface area (Å²) in [5, 5.41) is 7.55. The van der Waals surface area contributed by atoms with Crippen LogP contribution in [0, 0.1) is 0 Å². The molecule has 0 saturated heterocycles. The van der Waals surface area contributed by atoms with Crippen molar-refractivity contribution >= 4 is 54.4 Å². The summed E-state index contributed by atoms with van der Waals surface area (Å²) in [6, 6.07) is 5.59. The van der Waals surface area contributed by atoms with Gasteiger partial charge in [0.25, 0.3) is 0 Å². The number of hydrogen-bond donors (Lipinski definition) is 0.